The molecule has 3 aromatic rings. The van der Waals surface area contributed by atoms with Crippen LogP contribution in [0.25, 0.3) is 11.0 Å². The number of nitrogens with one attached hydrogen (secondary N) is 1. The molecule has 1 aliphatic heterocycles. The molecule has 32 heavy (non-hydrogen) atoms. The summed E-state index contributed by atoms with van der Waals surface area (Å²) >= 11 is 1.49. The van der Waals surface area contributed by atoms with Gasteiger partial charge in [-0.15, -0.1) is 0 Å². The molecule has 1 saturated heterocycles. The van der Waals surface area contributed by atoms with E-state index in [1.165, 1.54) is 11.8 Å². The SMILES string of the molecule is COc1ccc(OCC(=O)NCCn2ncc3c(N4CCOCC4)nc(SC)nc32)cc1. The van der Waals surface area contributed by atoms with Crippen LogP contribution in [-0.4, -0.2) is 78.5 Å². The molecule has 0 aliphatic carbocycles. The van der Waals surface area contributed by atoms with Gasteiger partial charge in [0.1, 0.15) is 17.3 Å². The van der Waals surface area contributed by atoms with Crippen LogP contribution in [-0.2, 0) is 16.1 Å². The Morgan fingerprint density at radius 3 is 2.66 bits per heavy atom. The maximum Gasteiger partial charge on any atom is 0.258 e. The molecule has 0 atom stereocenters. The minimum atomic E-state index is -0.203. The minimum absolute atomic E-state index is 0.0633. The summed E-state index contributed by atoms with van der Waals surface area (Å²) in [7, 11) is 1.60. The number of nitrogens with zero attached hydrogens (tertiary/aromatic N) is 5. The second-order valence-electron chi connectivity index (χ2n) is 7.05. The standard InChI is InChI=1S/C21H26N6O4S/c1-29-15-3-5-16(6-4-15)31-14-18(28)22-7-8-27-20-17(13-23-27)19(24-21(25-20)32-2)26-9-11-30-12-10-26/h3-6,13H,7-12,14H2,1-2H3,(H,22,28). The van der Waals surface area contributed by atoms with Gasteiger partial charge in [-0.2, -0.15) is 5.10 Å². The number of amides is 1. The van der Waals surface area contributed by atoms with Crippen molar-refractivity contribution >= 4 is 34.5 Å². The highest BCUT2D eigenvalue weighted by atomic mass is 32.2. The summed E-state index contributed by atoms with van der Waals surface area (Å²) in [5.74, 6) is 2.02. The van der Waals surface area contributed by atoms with Crippen LogP contribution in [0.4, 0.5) is 5.82 Å². The highest BCUT2D eigenvalue weighted by Crippen LogP contribution is 2.27. The van der Waals surface area contributed by atoms with E-state index in [0.717, 1.165) is 35.7 Å². The number of hydrogen-bond donors (Lipinski definition) is 1. The van der Waals surface area contributed by atoms with Gasteiger partial charge in [0, 0.05) is 19.6 Å². The fourth-order valence-electron chi connectivity index (χ4n) is 3.37. The summed E-state index contributed by atoms with van der Waals surface area (Å²) < 4.78 is 17.9. The monoisotopic (exact) mass is 458 g/mol. The van der Waals surface area contributed by atoms with Crippen molar-refractivity contribution in [1.82, 2.24) is 25.1 Å². The van der Waals surface area contributed by atoms with Gasteiger partial charge in [0.25, 0.3) is 5.91 Å². The molecule has 10 nitrogen and oxygen atoms in total. The van der Waals surface area contributed by atoms with E-state index in [2.05, 4.69) is 20.3 Å². The number of hydrogen-bond acceptors (Lipinski definition) is 9. The summed E-state index contributed by atoms with van der Waals surface area (Å²) in [5.41, 5.74) is 0.759. The Morgan fingerprint density at radius 1 is 1.19 bits per heavy atom. The average Bonchev–Trinajstić information content (AvgIpc) is 3.25. The Morgan fingerprint density at radius 2 is 1.94 bits per heavy atom. The molecule has 4 rings (SSSR count). The number of ether oxygens (including phenoxy) is 3. The maximum atomic E-state index is 12.2. The molecular formula is C21H26N6O4S. The van der Waals surface area contributed by atoms with Crippen LogP contribution in [0.1, 0.15) is 0 Å². The summed E-state index contributed by atoms with van der Waals surface area (Å²) in [6, 6.07) is 7.09. The van der Waals surface area contributed by atoms with Gasteiger partial charge < -0.3 is 24.4 Å². The normalized spacial score (nSPS) is 13.9. The Hall–Kier alpha value is -3.05. The molecule has 0 radical (unpaired) electrons. The van der Waals surface area contributed by atoms with Crippen LogP contribution in [0, 0.1) is 0 Å². The number of fused-ring (bicyclic) bond motifs is 1. The Kier molecular flexibility index (Phi) is 7.28. The van der Waals surface area contributed by atoms with Crippen LogP contribution in [0.3, 0.4) is 0 Å². The van der Waals surface area contributed by atoms with Gasteiger partial charge in [0.05, 0.1) is 38.5 Å². The second kappa shape index (κ2) is 10.5. The first-order valence-corrected chi connectivity index (χ1v) is 11.5. The Bertz CT molecular complexity index is 1050. The zero-order valence-electron chi connectivity index (χ0n) is 18.1. The lowest BCUT2D eigenvalue weighted by atomic mass is 10.3. The van der Waals surface area contributed by atoms with Gasteiger partial charge in [0.15, 0.2) is 17.4 Å². The Labute approximate surface area is 190 Å². The van der Waals surface area contributed by atoms with Crippen LogP contribution in [0.2, 0.25) is 0 Å². The summed E-state index contributed by atoms with van der Waals surface area (Å²) in [5, 5.41) is 8.94. The lowest BCUT2D eigenvalue weighted by Crippen LogP contribution is -2.37. The molecule has 0 spiro atoms. The molecule has 0 unspecified atom stereocenters. The average molecular weight is 459 g/mol. The van der Waals surface area contributed by atoms with E-state index in [4.69, 9.17) is 19.2 Å². The molecule has 3 heterocycles. The fourth-order valence-corrected chi connectivity index (χ4v) is 3.72. The second-order valence-corrected chi connectivity index (χ2v) is 7.83. The molecule has 2 aromatic heterocycles. The van der Waals surface area contributed by atoms with E-state index in [-0.39, 0.29) is 12.5 Å². The number of rotatable bonds is 9. The predicted molar refractivity (Wildman–Crippen MR) is 122 cm³/mol. The number of aromatic nitrogens is 4. The summed E-state index contributed by atoms with van der Waals surface area (Å²) in [6.07, 6.45) is 3.74. The summed E-state index contributed by atoms with van der Waals surface area (Å²) in [4.78, 5) is 23.7. The lowest BCUT2D eigenvalue weighted by Gasteiger charge is -2.28. The number of carbonyl (C=O) groups is 1. The van der Waals surface area contributed by atoms with E-state index in [1.807, 2.05) is 6.26 Å². The molecule has 1 N–H and O–H groups in total. The van der Waals surface area contributed by atoms with E-state index in [1.54, 1.807) is 42.3 Å². The molecular weight excluding hydrogens is 432 g/mol. The highest BCUT2D eigenvalue weighted by molar-refractivity contribution is 7.98. The van der Waals surface area contributed by atoms with Gasteiger partial charge in [-0.05, 0) is 30.5 Å². The number of anilines is 1. The first-order valence-electron chi connectivity index (χ1n) is 10.3. The first-order chi connectivity index (χ1) is 15.7. The van der Waals surface area contributed by atoms with Crippen molar-refractivity contribution in [2.45, 2.75) is 11.7 Å². The van der Waals surface area contributed by atoms with Crippen molar-refractivity contribution < 1.29 is 19.0 Å². The van der Waals surface area contributed by atoms with E-state index in [9.17, 15) is 4.79 Å². The van der Waals surface area contributed by atoms with Gasteiger partial charge in [-0.1, -0.05) is 11.8 Å². The topological polar surface area (TPSA) is 104 Å². The van der Waals surface area contributed by atoms with Crippen LogP contribution in [0.5, 0.6) is 11.5 Å². The van der Waals surface area contributed by atoms with Crippen molar-refractivity contribution in [1.29, 1.82) is 0 Å². The van der Waals surface area contributed by atoms with Crippen LogP contribution < -0.4 is 19.7 Å². The van der Waals surface area contributed by atoms with Crippen molar-refractivity contribution in [3.05, 3.63) is 30.5 Å². The molecule has 1 aliphatic rings. The number of carbonyl (C=O) groups excluding carboxylic acids is 1. The highest BCUT2D eigenvalue weighted by Gasteiger charge is 2.20. The first kappa shape index (κ1) is 22.2. The molecule has 11 heteroatoms. The maximum absolute atomic E-state index is 12.2. The third kappa shape index (κ3) is 5.22. The third-order valence-corrected chi connectivity index (χ3v) is 5.57. The Balaban J connectivity index is 1.36. The van der Waals surface area contributed by atoms with Crippen molar-refractivity contribution in [2.24, 2.45) is 0 Å². The van der Waals surface area contributed by atoms with E-state index >= 15 is 0 Å². The van der Waals surface area contributed by atoms with Crippen LogP contribution >= 0.6 is 11.8 Å². The number of benzene rings is 1. The van der Waals surface area contributed by atoms with Gasteiger partial charge in [0.2, 0.25) is 0 Å². The van der Waals surface area contributed by atoms with E-state index in [0.29, 0.717) is 37.2 Å². The molecule has 0 bridgehead atoms. The largest absolute Gasteiger partial charge is 0.497 e. The molecule has 1 fully saturated rings. The molecule has 170 valence electrons. The predicted octanol–water partition coefficient (Wildman–Crippen LogP) is 1.59. The number of thioether (sulfide) groups is 1. The molecule has 1 aromatic carbocycles. The van der Waals surface area contributed by atoms with Gasteiger partial charge >= 0.3 is 0 Å². The molecule has 1 amide bonds. The third-order valence-electron chi connectivity index (χ3n) is 5.02. The minimum Gasteiger partial charge on any atom is -0.497 e. The van der Waals surface area contributed by atoms with Crippen molar-refractivity contribution in [3.8, 4) is 11.5 Å². The van der Waals surface area contributed by atoms with E-state index < -0.39 is 0 Å². The number of morpholine rings is 1. The smallest absolute Gasteiger partial charge is 0.258 e. The van der Waals surface area contributed by atoms with Crippen molar-refractivity contribution in [3.63, 3.8) is 0 Å². The lowest BCUT2D eigenvalue weighted by molar-refractivity contribution is -0.123. The van der Waals surface area contributed by atoms with Gasteiger partial charge in [-0.25, -0.2) is 14.6 Å². The molecule has 0 saturated carbocycles. The van der Waals surface area contributed by atoms with Gasteiger partial charge in [-0.3, -0.25) is 4.79 Å². The quantitative estimate of drug-likeness (QED) is 0.378. The summed E-state index contributed by atoms with van der Waals surface area (Å²) in [6.45, 7) is 3.77. The number of methoxy groups -OCH3 is 1. The zero-order chi connectivity index (χ0) is 22.3. The zero-order valence-corrected chi connectivity index (χ0v) is 18.9. The fraction of sp³-hybridized carbons (Fsp3) is 0.429. The van der Waals surface area contributed by atoms with Crippen LogP contribution in [0.15, 0.2) is 35.6 Å². The van der Waals surface area contributed by atoms with Crippen molar-refractivity contribution in [2.75, 3.05) is 57.7 Å².